The lowest BCUT2D eigenvalue weighted by atomic mass is 10.0. The summed E-state index contributed by atoms with van der Waals surface area (Å²) in [4.78, 5) is 51.7. The van der Waals surface area contributed by atoms with Gasteiger partial charge in [-0.3, -0.25) is 9.59 Å². The molecule has 5 N–H and O–H groups in total. The van der Waals surface area contributed by atoms with Crippen LogP contribution >= 0.6 is 0 Å². The molecule has 1 fully saturated rings. The summed E-state index contributed by atoms with van der Waals surface area (Å²) in [6, 6.07) is 14.3. The van der Waals surface area contributed by atoms with E-state index in [0.29, 0.717) is 6.42 Å². The van der Waals surface area contributed by atoms with Gasteiger partial charge in [-0.2, -0.15) is 26.3 Å². The van der Waals surface area contributed by atoms with Crippen LogP contribution in [0.25, 0.3) is 22.0 Å². The number of aromatic amines is 1. The van der Waals surface area contributed by atoms with E-state index in [0.717, 1.165) is 55.9 Å². The third-order valence-corrected chi connectivity index (χ3v) is 6.93. The molecular weight excluding hydrogens is 642 g/mol. The maximum atomic E-state index is 12.9. The average Bonchev–Trinajstić information content (AvgIpc) is 3.65. The molecule has 1 aliphatic heterocycles. The van der Waals surface area contributed by atoms with Crippen molar-refractivity contribution < 1.29 is 60.8 Å². The maximum Gasteiger partial charge on any atom is 0.490 e. The smallest absolute Gasteiger partial charge is 0.481 e. The van der Waals surface area contributed by atoms with Gasteiger partial charge >= 0.3 is 30.3 Å². The molecule has 47 heavy (non-hydrogen) atoms. The molecule has 4 rings (SSSR count). The van der Waals surface area contributed by atoms with Crippen LogP contribution in [0.5, 0.6) is 0 Å². The van der Waals surface area contributed by atoms with Gasteiger partial charge in [0.25, 0.3) is 0 Å². The number of alkyl halides is 6. The fourth-order valence-electron chi connectivity index (χ4n) is 4.53. The van der Waals surface area contributed by atoms with E-state index in [4.69, 9.17) is 24.9 Å². The number of imidazole rings is 1. The predicted octanol–water partition coefficient (Wildman–Crippen LogP) is 5.64. The molecule has 1 saturated heterocycles. The molecule has 0 radical (unpaired) electrons. The van der Waals surface area contributed by atoms with Crippen LogP contribution in [-0.4, -0.2) is 86.5 Å². The fraction of sp³-hybridized carbons (Fsp3) is 0.433. The molecule has 3 aromatic rings. The van der Waals surface area contributed by atoms with E-state index >= 15 is 0 Å². The number of rotatable bonds is 10. The Morgan fingerprint density at radius 2 is 1.53 bits per heavy atom. The molecular formula is C30H34F6N4O7. The summed E-state index contributed by atoms with van der Waals surface area (Å²) >= 11 is 0. The standard InChI is InChI=1S/C26H32N4O3.2C2HF3O2/c1-30-14-13-21(17-30)26(33)29-22(9-3-2-4-10-24(31)32)25-27-16-23(28-25)20-12-11-18-7-5-6-8-19(18)15-20;2*3-2(4,5)1(6)7/h5-8,11-12,15-16,21-22H,2-4,9-10,13-14,17H2,1H3,(H,27,28)(H,29,33)(H,31,32);2*(H,6,7)/t21-,22-;;/m0../s1. The van der Waals surface area contributed by atoms with Crippen molar-refractivity contribution in [3.63, 3.8) is 0 Å². The van der Waals surface area contributed by atoms with Gasteiger partial charge in [0.15, 0.2) is 0 Å². The lowest BCUT2D eigenvalue weighted by Crippen LogP contribution is -2.35. The van der Waals surface area contributed by atoms with Crippen LogP contribution in [0.15, 0.2) is 48.7 Å². The van der Waals surface area contributed by atoms with Crippen molar-refractivity contribution in [1.82, 2.24) is 20.2 Å². The number of nitrogens with zero attached hydrogens (tertiary/aromatic N) is 2. The first kappa shape index (κ1) is 38.5. The third-order valence-electron chi connectivity index (χ3n) is 6.93. The summed E-state index contributed by atoms with van der Waals surface area (Å²) in [6.07, 6.45) is -4.29. The number of benzene rings is 2. The summed E-state index contributed by atoms with van der Waals surface area (Å²) in [5.41, 5.74) is 1.97. The monoisotopic (exact) mass is 676 g/mol. The number of carboxylic acid groups (broad SMARTS) is 3. The van der Waals surface area contributed by atoms with Crippen molar-refractivity contribution in [1.29, 1.82) is 0 Å². The van der Waals surface area contributed by atoms with Gasteiger partial charge in [0.2, 0.25) is 5.91 Å². The van der Waals surface area contributed by atoms with E-state index in [1.807, 2.05) is 25.4 Å². The molecule has 0 aliphatic carbocycles. The second kappa shape index (κ2) is 17.3. The summed E-state index contributed by atoms with van der Waals surface area (Å²) in [7, 11) is 2.04. The lowest BCUT2D eigenvalue weighted by Gasteiger charge is -2.19. The highest BCUT2D eigenvalue weighted by atomic mass is 19.4. The zero-order chi connectivity index (χ0) is 35.4. The molecule has 0 spiro atoms. The van der Waals surface area contributed by atoms with Crippen LogP contribution in [0.2, 0.25) is 0 Å². The minimum absolute atomic E-state index is 0.000527. The first-order valence-corrected chi connectivity index (χ1v) is 14.2. The van der Waals surface area contributed by atoms with Crippen LogP contribution in [0, 0.1) is 5.92 Å². The maximum absolute atomic E-state index is 12.9. The van der Waals surface area contributed by atoms with Crippen molar-refractivity contribution in [2.75, 3.05) is 20.1 Å². The van der Waals surface area contributed by atoms with Crippen LogP contribution in [0.3, 0.4) is 0 Å². The van der Waals surface area contributed by atoms with Gasteiger partial charge in [-0.25, -0.2) is 14.6 Å². The topological polar surface area (TPSA) is 173 Å². The molecule has 1 aromatic heterocycles. The Morgan fingerprint density at radius 3 is 2.06 bits per heavy atom. The molecule has 1 aliphatic rings. The minimum atomic E-state index is -5.08. The predicted molar refractivity (Wildman–Crippen MR) is 156 cm³/mol. The Balaban J connectivity index is 0.000000459. The molecule has 258 valence electrons. The zero-order valence-corrected chi connectivity index (χ0v) is 25.1. The van der Waals surface area contributed by atoms with Crippen molar-refractivity contribution in [3.05, 3.63) is 54.5 Å². The largest absolute Gasteiger partial charge is 0.490 e. The molecule has 17 heteroatoms. The third kappa shape index (κ3) is 13.3. The molecule has 0 saturated carbocycles. The number of nitrogens with one attached hydrogen (secondary N) is 2. The summed E-state index contributed by atoms with van der Waals surface area (Å²) in [5, 5.41) is 28.7. The summed E-state index contributed by atoms with van der Waals surface area (Å²) < 4.78 is 63.5. The quantitative estimate of drug-likeness (QED) is 0.135. The van der Waals surface area contributed by atoms with E-state index in [9.17, 15) is 35.9 Å². The number of aliphatic carboxylic acids is 3. The van der Waals surface area contributed by atoms with Gasteiger partial charge in [-0.15, -0.1) is 0 Å². The number of hydrogen-bond donors (Lipinski definition) is 5. The number of aromatic nitrogens is 2. The fourth-order valence-corrected chi connectivity index (χ4v) is 4.53. The number of hydrogen-bond acceptors (Lipinski definition) is 6. The van der Waals surface area contributed by atoms with E-state index in [-0.39, 0.29) is 24.3 Å². The van der Waals surface area contributed by atoms with Gasteiger partial charge < -0.3 is 30.5 Å². The van der Waals surface area contributed by atoms with Crippen molar-refractivity contribution in [2.24, 2.45) is 5.92 Å². The number of halogens is 6. The van der Waals surface area contributed by atoms with Gasteiger partial charge in [0.1, 0.15) is 5.82 Å². The van der Waals surface area contributed by atoms with Crippen LogP contribution in [0.1, 0.15) is 50.4 Å². The number of carbonyl (C=O) groups excluding carboxylic acids is 1. The Bertz CT molecular complexity index is 1490. The molecule has 2 heterocycles. The number of carboxylic acids is 3. The average molecular weight is 677 g/mol. The molecule has 0 unspecified atom stereocenters. The zero-order valence-electron chi connectivity index (χ0n) is 25.1. The van der Waals surface area contributed by atoms with Crippen LogP contribution in [0.4, 0.5) is 26.3 Å². The Morgan fingerprint density at radius 1 is 0.936 bits per heavy atom. The normalized spacial score (nSPS) is 15.5. The number of likely N-dealkylation sites (tertiary alicyclic amines) is 1. The summed E-state index contributed by atoms with van der Waals surface area (Å²) in [5.74, 6) is -5.47. The lowest BCUT2D eigenvalue weighted by molar-refractivity contribution is -0.193. The van der Waals surface area contributed by atoms with Crippen molar-refractivity contribution in [2.45, 2.75) is 56.9 Å². The molecule has 11 nitrogen and oxygen atoms in total. The van der Waals surface area contributed by atoms with E-state index in [1.54, 1.807) is 0 Å². The Kier molecular flexibility index (Phi) is 14.2. The van der Waals surface area contributed by atoms with Gasteiger partial charge in [-0.1, -0.05) is 49.2 Å². The molecule has 0 bridgehead atoms. The van der Waals surface area contributed by atoms with Crippen molar-refractivity contribution in [3.8, 4) is 11.3 Å². The minimum Gasteiger partial charge on any atom is -0.481 e. The van der Waals surface area contributed by atoms with E-state index in [1.165, 1.54) is 10.8 Å². The van der Waals surface area contributed by atoms with E-state index in [2.05, 4.69) is 50.5 Å². The Hall–Kier alpha value is -4.67. The number of amides is 1. The van der Waals surface area contributed by atoms with Gasteiger partial charge in [-0.05, 0) is 49.7 Å². The Labute approximate surface area is 264 Å². The van der Waals surface area contributed by atoms with Crippen molar-refractivity contribution >= 4 is 34.6 Å². The highest BCUT2D eigenvalue weighted by molar-refractivity contribution is 5.86. The first-order chi connectivity index (χ1) is 21.9. The first-order valence-electron chi connectivity index (χ1n) is 14.2. The van der Waals surface area contributed by atoms with Gasteiger partial charge in [0.05, 0.1) is 23.9 Å². The van der Waals surface area contributed by atoms with Gasteiger partial charge in [0, 0.05) is 18.5 Å². The highest BCUT2D eigenvalue weighted by Crippen LogP contribution is 2.26. The molecule has 2 atom stereocenters. The number of H-pyrrole nitrogens is 1. The van der Waals surface area contributed by atoms with E-state index < -0.39 is 30.3 Å². The summed E-state index contributed by atoms with van der Waals surface area (Å²) in [6.45, 7) is 1.71. The molecule has 1 amide bonds. The second-order valence-corrected chi connectivity index (χ2v) is 10.7. The van der Waals surface area contributed by atoms with Crippen LogP contribution < -0.4 is 5.32 Å². The number of carbonyl (C=O) groups is 4. The second-order valence-electron chi connectivity index (χ2n) is 10.7. The highest BCUT2D eigenvalue weighted by Gasteiger charge is 2.39. The SMILES string of the molecule is CN1CC[C@H](C(=O)N[C@@H](CCCCCC(=O)O)c2ncc(-c3ccc4ccccc4c3)[nH]2)C1.O=C(O)C(F)(F)F.O=C(O)C(F)(F)F. The van der Waals surface area contributed by atoms with Crippen LogP contribution in [-0.2, 0) is 19.2 Å². The number of unbranched alkanes of at least 4 members (excludes halogenated alkanes) is 2. The molecule has 2 aromatic carbocycles. The number of fused-ring (bicyclic) bond motifs is 1.